The van der Waals surface area contributed by atoms with Gasteiger partial charge in [-0.25, -0.2) is 0 Å². The lowest BCUT2D eigenvalue weighted by Gasteiger charge is -2.37. The van der Waals surface area contributed by atoms with E-state index in [9.17, 15) is 4.79 Å². The molecular formula is C22H23N3O4. The molecule has 1 saturated heterocycles. The minimum Gasteiger partial charge on any atom is -0.497 e. The number of carbonyl (C=O) groups is 1. The molecule has 7 nitrogen and oxygen atoms in total. The largest absolute Gasteiger partial charge is 0.497 e. The van der Waals surface area contributed by atoms with E-state index in [1.165, 1.54) is 0 Å². The summed E-state index contributed by atoms with van der Waals surface area (Å²) in [6.45, 7) is 1.19. The molecule has 1 aliphatic heterocycles. The van der Waals surface area contributed by atoms with Crippen LogP contribution in [0.15, 0.2) is 53.1 Å². The van der Waals surface area contributed by atoms with Gasteiger partial charge in [-0.15, -0.1) is 0 Å². The molecule has 0 radical (unpaired) electrons. The highest BCUT2D eigenvalue weighted by molar-refractivity contribution is 5.79. The van der Waals surface area contributed by atoms with Crippen LogP contribution >= 0.6 is 0 Å². The lowest BCUT2D eigenvalue weighted by molar-refractivity contribution is -0.135. The van der Waals surface area contributed by atoms with Crippen molar-refractivity contribution in [3.8, 4) is 11.5 Å². The number of hydrogen-bond donors (Lipinski definition) is 0. The van der Waals surface area contributed by atoms with Crippen molar-refractivity contribution in [1.29, 1.82) is 0 Å². The van der Waals surface area contributed by atoms with E-state index >= 15 is 0 Å². The fourth-order valence-electron chi connectivity index (χ4n) is 3.43. The number of ether oxygens (including phenoxy) is 2. The molecule has 0 saturated carbocycles. The molecule has 29 heavy (non-hydrogen) atoms. The van der Waals surface area contributed by atoms with Gasteiger partial charge in [0.2, 0.25) is 11.8 Å². The maximum atomic E-state index is 12.5. The number of nitrogens with zero attached hydrogens (tertiary/aromatic N) is 3. The summed E-state index contributed by atoms with van der Waals surface area (Å²) in [5, 5.41) is 4.09. The normalized spacial score (nSPS) is 13.8. The second-order valence-electron chi connectivity index (χ2n) is 7.06. The topological polar surface area (TPSA) is 77.7 Å². The Morgan fingerprint density at radius 1 is 1.14 bits per heavy atom. The average Bonchev–Trinajstić information content (AvgIpc) is 3.15. The minimum absolute atomic E-state index is 0.0863. The van der Waals surface area contributed by atoms with Gasteiger partial charge in [-0.1, -0.05) is 35.5 Å². The van der Waals surface area contributed by atoms with Crippen molar-refractivity contribution in [2.75, 3.05) is 27.3 Å². The van der Waals surface area contributed by atoms with E-state index in [-0.39, 0.29) is 11.8 Å². The van der Waals surface area contributed by atoms with Crippen LogP contribution in [0.2, 0.25) is 0 Å². The van der Waals surface area contributed by atoms with Crippen molar-refractivity contribution < 1.29 is 18.8 Å². The quantitative estimate of drug-likeness (QED) is 0.614. The third-order valence-electron chi connectivity index (χ3n) is 5.10. The first-order valence-corrected chi connectivity index (χ1v) is 9.51. The molecule has 4 rings (SSSR count). The second-order valence-corrected chi connectivity index (χ2v) is 7.06. The molecule has 2 aromatic carbocycles. The second kappa shape index (κ2) is 8.34. The van der Waals surface area contributed by atoms with Crippen molar-refractivity contribution in [2.45, 2.75) is 18.8 Å². The first kappa shape index (κ1) is 19.0. The van der Waals surface area contributed by atoms with Gasteiger partial charge >= 0.3 is 0 Å². The van der Waals surface area contributed by atoms with E-state index in [0.717, 1.165) is 22.6 Å². The third kappa shape index (κ3) is 4.23. The minimum atomic E-state index is 0.0863. The summed E-state index contributed by atoms with van der Waals surface area (Å²) in [7, 11) is 3.26. The van der Waals surface area contributed by atoms with Gasteiger partial charge < -0.3 is 18.9 Å². The predicted octanol–water partition coefficient (Wildman–Crippen LogP) is 2.85. The van der Waals surface area contributed by atoms with Crippen LogP contribution in [0.1, 0.15) is 28.8 Å². The zero-order valence-corrected chi connectivity index (χ0v) is 16.5. The predicted molar refractivity (Wildman–Crippen MR) is 106 cm³/mol. The molecule has 0 atom stereocenters. The van der Waals surface area contributed by atoms with Gasteiger partial charge in [-0.05, 0) is 23.8 Å². The molecular weight excluding hydrogens is 370 g/mol. The monoisotopic (exact) mass is 393 g/mol. The number of likely N-dealkylation sites (tertiary alicyclic amines) is 1. The van der Waals surface area contributed by atoms with Gasteiger partial charge in [0.05, 0.1) is 26.6 Å². The summed E-state index contributed by atoms with van der Waals surface area (Å²) < 4.78 is 16.0. The Bertz CT molecular complexity index is 995. The summed E-state index contributed by atoms with van der Waals surface area (Å²) in [5.41, 5.74) is 1.95. The van der Waals surface area contributed by atoms with Crippen LogP contribution in [-0.2, 0) is 17.6 Å². The van der Waals surface area contributed by atoms with Crippen molar-refractivity contribution in [3.63, 3.8) is 0 Å². The number of hydrogen-bond acceptors (Lipinski definition) is 6. The number of methoxy groups -OCH3 is 2. The zero-order valence-electron chi connectivity index (χ0n) is 16.5. The van der Waals surface area contributed by atoms with E-state index < -0.39 is 0 Å². The van der Waals surface area contributed by atoms with E-state index in [2.05, 4.69) is 10.1 Å². The van der Waals surface area contributed by atoms with E-state index in [1.54, 1.807) is 14.2 Å². The van der Waals surface area contributed by atoms with Crippen LogP contribution in [-0.4, -0.2) is 48.3 Å². The molecule has 1 aliphatic rings. The zero-order chi connectivity index (χ0) is 20.2. The summed E-state index contributed by atoms with van der Waals surface area (Å²) in [6, 6.07) is 15.3. The molecule has 2 heterocycles. The number of aromatic nitrogens is 2. The van der Waals surface area contributed by atoms with E-state index in [0.29, 0.717) is 37.6 Å². The van der Waals surface area contributed by atoms with Crippen molar-refractivity contribution in [2.24, 2.45) is 0 Å². The molecule has 150 valence electrons. The van der Waals surface area contributed by atoms with Crippen LogP contribution in [0, 0.1) is 0 Å². The molecule has 1 aromatic heterocycles. The third-order valence-corrected chi connectivity index (χ3v) is 5.10. The number of rotatable bonds is 7. The standard InChI is InChI=1S/C22H23N3O4/c1-27-18-8-5-6-15(10-18)11-21(26)25-13-17(14-25)22-23-20(24-29-22)12-16-7-3-4-9-19(16)28-2/h3-10,17H,11-14H2,1-2H3. The summed E-state index contributed by atoms with van der Waals surface area (Å²) in [4.78, 5) is 18.8. The molecule has 3 aromatic rings. The molecule has 0 bridgehead atoms. The molecule has 0 unspecified atom stereocenters. The first-order chi connectivity index (χ1) is 14.2. The number of para-hydroxylation sites is 1. The molecule has 7 heteroatoms. The Kier molecular flexibility index (Phi) is 5.46. The maximum absolute atomic E-state index is 12.5. The fraction of sp³-hybridized carbons (Fsp3) is 0.318. The molecule has 0 aliphatic carbocycles. The fourth-order valence-corrected chi connectivity index (χ4v) is 3.43. The summed E-state index contributed by atoms with van der Waals surface area (Å²) in [5.74, 6) is 2.93. The molecule has 0 N–H and O–H groups in total. The van der Waals surface area contributed by atoms with Crippen LogP contribution in [0.25, 0.3) is 0 Å². The Labute approximate surface area is 169 Å². The van der Waals surface area contributed by atoms with Gasteiger partial charge in [0, 0.05) is 25.1 Å². The maximum Gasteiger partial charge on any atom is 0.233 e. The van der Waals surface area contributed by atoms with Gasteiger partial charge in [0.15, 0.2) is 5.82 Å². The summed E-state index contributed by atoms with van der Waals surface area (Å²) >= 11 is 0. The van der Waals surface area contributed by atoms with Crippen molar-refractivity contribution >= 4 is 5.91 Å². The van der Waals surface area contributed by atoms with Gasteiger partial charge in [-0.2, -0.15) is 4.98 Å². The van der Waals surface area contributed by atoms with Crippen LogP contribution < -0.4 is 9.47 Å². The van der Waals surface area contributed by atoms with E-state index in [4.69, 9.17) is 14.0 Å². The number of benzene rings is 2. The Hall–Kier alpha value is -3.35. The summed E-state index contributed by atoms with van der Waals surface area (Å²) in [6.07, 6.45) is 0.894. The first-order valence-electron chi connectivity index (χ1n) is 9.51. The van der Waals surface area contributed by atoms with Crippen LogP contribution in [0.5, 0.6) is 11.5 Å². The molecule has 1 amide bonds. The van der Waals surface area contributed by atoms with Crippen molar-refractivity contribution in [1.82, 2.24) is 15.0 Å². The Morgan fingerprint density at radius 3 is 2.76 bits per heavy atom. The SMILES string of the molecule is COc1cccc(CC(=O)N2CC(c3nc(Cc4ccccc4OC)no3)C2)c1. The van der Waals surface area contributed by atoms with Gasteiger partial charge in [0.1, 0.15) is 11.5 Å². The lowest BCUT2D eigenvalue weighted by atomic mass is 9.98. The molecule has 0 spiro atoms. The van der Waals surface area contributed by atoms with Crippen LogP contribution in [0.3, 0.4) is 0 Å². The Balaban J connectivity index is 1.32. The van der Waals surface area contributed by atoms with Crippen molar-refractivity contribution in [3.05, 3.63) is 71.4 Å². The smallest absolute Gasteiger partial charge is 0.233 e. The number of amides is 1. The lowest BCUT2D eigenvalue weighted by Crippen LogP contribution is -2.49. The highest BCUT2D eigenvalue weighted by atomic mass is 16.5. The van der Waals surface area contributed by atoms with Crippen LogP contribution in [0.4, 0.5) is 0 Å². The average molecular weight is 393 g/mol. The van der Waals surface area contributed by atoms with E-state index in [1.807, 2.05) is 53.4 Å². The number of carbonyl (C=O) groups excluding carboxylic acids is 1. The highest BCUT2D eigenvalue weighted by Crippen LogP contribution is 2.27. The molecule has 1 fully saturated rings. The highest BCUT2D eigenvalue weighted by Gasteiger charge is 2.35. The van der Waals surface area contributed by atoms with Gasteiger partial charge in [-0.3, -0.25) is 4.79 Å². The van der Waals surface area contributed by atoms with Gasteiger partial charge in [0.25, 0.3) is 0 Å². The Morgan fingerprint density at radius 2 is 1.97 bits per heavy atom.